The van der Waals surface area contributed by atoms with Gasteiger partial charge in [0, 0.05) is 0 Å². The summed E-state index contributed by atoms with van der Waals surface area (Å²) >= 11 is 0. The van der Waals surface area contributed by atoms with Crippen molar-refractivity contribution in [2.24, 2.45) is 0 Å². The molecular formula is C17H29CeF3N2O3Si. The Labute approximate surface area is 196 Å². The predicted molar refractivity (Wildman–Crippen MR) is 97.7 cm³/mol. The molecule has 1 aliphatic rings. The number of alkyl halides is 3. The molecule has 1 heterocycles. The molecule has 0 unspecified atom stereocenters. The fourth-order valence-electron chi connectivity index (χ4n) is 2.97. The molecule has 154 valence electrons. The maximum atomic E-state index is 13.4. The Morgan fingerprint density at radius 2 is 1.85 bits per heavy atom. The van der Waals surface area contributed by atoms with Crippen LogP contribution in [-0.2, 0) is 15.3 Å². The average molecular weight is 535 g/mol. The van der Waals surface area contributed by atoms with Gasteiger partial charge < -0.3 is 31.4 Å². The quantitative estimate of drug-likeness (QED) is 0.310. The largest absolute Gasteiger partial charge is 3.00 e. The fraction of sp³-hybridized carbons (Fsp3) is 0.588. The van der Waals surface area contributed by atoms with Crippen LogP contribution in [0, 0.1) is 64.0 Å². The summed E-state index contributed by atoms with van der Waals surface area (Å²) in [5.74, 6) is -1.00. The Kier molecular flexibility index (Phi) is 14.0. The molecule has 0 spiro atoms. The minimum Gasteiger partial charge on any atom is -0.462 e. The van der Waals surface area contributed by atoms with Gasteiger partial charge >= 0.3 is 53.9 Å². The van der Waals surface area contributed by atoms with E-state index >= 15 is 0 Å². The number of halogens is 3. The van der Waals surface area contributed by atoms with Crippen molar-refractivity contribution in [2.45, 2.75) is 57.6 Å². The second-order valence-corrected chi connectivity index (χ2v) is 8.11. The summed E-state index contributed by atoms with van der Waals surface area (Å²) in [6.07, 6.45) is -2.85. The van der Waals surface area contributed by atoms with Gasteiger partial charge in [0.25, 0.3) is 0 Å². The number of rotatable bonds is 5. The third-order valence-corrected chi connectivity index (χ3v) is 4.59. The van der Waals surface area contributed by atoms with Crippen LogP contribution in [0.1, 0.15) is 48.8 Å². The first kappa shape index (κ1) is 31.7. The number of hydrogen-bond donors (Lipinski definition) is 0. The topological polar surface area (TPSA) is 53.3 Å². The zero-order valence-corrected chi connectivity index (χ0v) is 21.2. The molecule has 0 bridgehead atoms. The Bertz CT molecular complexity index is 588. The number of aromatic nitrogens is 2. The van der Waals surface area contributed by atoms with Gasteiger partial charge in [0.15, 0.2) is 5.69 Å². The molecule has 0 amide bonds. The molecule has 27 heavy (non-hydrogen) atoms. The van der Waals surface area contributed by atoms with E-state index in [0.29, 0.717) is 12.8 Å². The van der Waals surface area contributed by atoms with Gasteiger partial charge in [0.1, 0.15) is 5.56 Å². The molecule has 0 N–H and O–H groups in total. The van der Waals surface area contributed by atoms with Crippen LogP contribution in [0.2, 0.25) is 13.1 Å². The van der Waals surface area contributed by atoms with Gasteiger partial charge in [0.05, 0.1) is 24.4 Å². The van der Waals surface area contributed by atoms with E-state index in [0.717, 1.165) is 10.9 Å². The third-order valence-electron chi connectivity index (χ3n) is 3.69. The molecule has 1 fully saturated rings. The first-order valence-corrected chi connectivity index (χ1v) is 9.79. The van der Waals surface area contributed by atoms with Crippen LogP contribution in [-0.4, -0.2) is 37.0 Å². The first-order chi connectivity index (χ1) is 10.6. The van der Waals surface area contributed by atoms with E-state index in [1.54, 1.807) is 6.92 Å². The van der Waals surface area contributed by atoms with E-state index in [-0.39, 0.29) is 70.6 Å². The maximum Gasteiger partial charge on any atom is 3.00 e. The van der Waals surface area contributed by atoms with Crippen molar-refractivity contribution in [3.63, 3.8) is 0 Å². The zero-order valence-electron chi connectivity index (χ0n) is 17.0. The van der Waals surface area contributed by atoms with E-state index in [1.807, 2.05) is 20.0 Å². The molecule has 0 aliphatic heterocycles. The number of nitrogens with zero attached hydrogens (tertiary/aromatic N) is 2. The smallest absolute Gasteiger partial charge is 0.462 e. The van der Waals surface area contributed by atoms with Gasteiger partial charge in [-0.25, -0.2) is 4.79 Å². The summed E-state index contributed by atoms with van der Waals surface area (Å²) in [5.41, 5.74) is -1.99. The van der Waals surface area contributed by atoms with Gasteiger partial charge in [0.2, 0.25) is 9.04 Å². The monoisotopic (exact) mass is 534 g/mol. The number of carbonyl (C=O) groups is 1. The molecule has 10 heteroatoms. The number of carbonyl (C=O) groups excluding carboxylic acids is 1. The number of hydrogen-bond acceptors (Lipinski definition) is 4. The van der Waals surface area contributed by atoms with Crippen molar-refractivity contribution in [3.05, 3.63) is 39.7 Å². The molecule has 1 aromatic heterocycles. The number of esters is 1. The van der Waals surface area contributed by atoms with E-state index in [1.165, 1.54) is 0 Å². The van der Waals surface area contributed by atoms with Gasteiger partial charge in [-0.05, 0) is 39.8 Å². The standard InChI is InChI=1S/C14H20F3N2O3Si.3CH3.Ce/c1-5-21-12(20)10-8-18-19(11(10)14(15,16)17)9-6-13(2,7-9)22-23(3)4;;;;/h8-9H,5-7H2,1-4H3;3*1H3;/q;3*-1;+3. The summed E-state index contributed by atoms with van der Waals surface area (Å²) < 4.78 is 51.5. The molecule has 1 aliphatic carbocycles. The van der Waals surface area contributed by atoms with Crippen LogP contribution in [0.15, 0.2) is 6.20 Å². The average Bonchev–Trinajstić information content (AvgIpc) is 2.79. The zero-order chi connectivity index (χ0) is 17.4. The fourth-order valence-corrected chi connectivity index (χ4v) is 4.12. The minimum absolute atomic E-state index is 0. The first-order valence-electron chi connectivity index (χ1n) is 7.38. The molecule has 0 saturated heterocycles. The van der Waals surface area contributed by atoms with Gasteiger partial charge in [-0.2, -0.15) is 18.3 Å². The predicted octanol–water partition coefficient (Wildman–Crippen LogP) is 4.79. The minimum atomic E-state index is -4.67. The molecule has 0 aromatic carbocycles. The summed E-state index contributed by atoms with van der Waals surface area (Å²) in [6.45, 7) is 7.41. The van der Waals surface area contributed by atoms with E-state index in [2.05, 4.69) is 9.84 Å². The summed E-state index contributed by atoms with van der Waals surface area (Å²) in [5, 5.41) is 3.80. The SMILES string of the molecule is CCOC(=O)c1cnn(C2CC(C)(O[Si](C)C)C2)c1C(F)(F)F.[CH3-].[CH3-].[CH3-].[Ce+3]. The van der Waals surface area contributed by atoms with Crippen LogP contribution in [0.3, 0.4) is 0 Å². The molecule has 1 aromatic rings. The van der Waals surface area contributed by atoms with E-state index in [4.69, 9.17) is 4.43 Å². The molecular weight excluding hydrogens is 505 g/mol. The normalized spacial score (nSPS) is 21.0. The van der Waals surface area contributed by atoms with Gasteiger partial charge in [-0.1, -0.05) is 0 Å². The Balaban J connectivity index is -0.00000144. The van der Waals surface area contributed by atoms with Crippen molar-refractivity contribution in [1.82, 2.24) is 9.78 Å². The number of ether oxygens (including phenoxy) is 1. The van der Waals surface area contributed by atoms with Crippen molar-refractivity contribution < 1.29 is 68.9 Å². The third kappa shape index (κ3) is 7.41. The van der Waals surface area contributed by atoms with Crippen LogP contribution in [0.5, 0.6) is 0 Å². The van der Waals surface area contributed by atoms with Crippen LogP contribution in [0.25, 0.3) is 0 Å². The molecule has 1 saturated carbocycles. The van der Waals surface area contributed by atoms with E-state index < -0.39 is 44.1 Å². The summed E-state index contributed by atoms with van der Waals surface area (Å²) in [4.78, 5) is 11.7. The van der Waals surface area contributed by atoms with Crippen LogP contribution >= 0.6 is 0 Å². The van der Waals surface area contributed by atoms with Crippen molar-refractivity contribution in [1.29, 1.82) is 0 Å². The second-order valence-electron chi connectivity index (χ2n) is 6.09. The van der Waals surface area contributed by atoms with Gasteiger partial charge in [-0.3, -0.25) is 4.68 Å². The molecule has 2 rings (SSSR count). The van der Waals surface area contributed by atoms with Crippen molar-refractivity contribution in [3.8, 4) is 0 Å². The Hall–Kier alpha value is 0.0235. The molecule has 5 nitrogen and oxygen atoms in total. The maximum absolute atomic E-state index is 13.4. The van der Waals surface area contributed by atoms with Crippen molar-refractivity contribution in [2.75, 3.05) is 6.61 Å². The molecule has 2 radical (unpaired) electrons. The van der Waals surface area contributed by atoms with Crippen molar-refractivity contribution >= 4 is 15.0 Å². The van der Waals surface area contributed by atoms with Crippen LogP contribution in [0.4, 0.5) is 13.2 Å². The molecule has 0 atom stereocenters. The second kappa shape index (κ2) is 11.9. The van der Waals surface area contributed by atoms with E-state index in [9.17, 15) is 18.0 Å². The summed E-state index contributed by atoms with van der Waals surface area (Å²) in [6, 6.07) is -0.429. The van der Waals surface area contributed by atoms with Gasteiger partial charge in [-0.15, -0.1) is 0 Å². The summed E-state index contributed by atoms with van der Waals surface area (Å²) in [7, 11) is -0.936. The Morgan fingerprint density at radius 1 is 1.33 bits per heavy atom. The Morgan fingerprint density at radius 3 is 2.26 bits per heavy atom. The van der Waals surface area contributed by atoms with Crippen LogP contribution < -0.4 is 0 Å².